The summed E-state index contributed by atoms with van der Waals surface area (Å²) in [6.07, 6.45) is 0. The van der Waals surface area contributed by atoms with Gasteiger partial charge in [0.2, 0.25) is 0 Å². The molecule has 1 aromatic carbocycles. The molecular formula is C12H17N3O3. The second-order valence-electron chi connectivity index (χ2n) is 4.24. The van der Waals surface area contributed by atoms with Crippen molar-refractivity contribution in [2.75, 3.05) is 31.6 Å². The lowest BCUT2D eigenvalue weighted by Crippen LogP contribution is -2.56. The molecule has 0 saturated carbocycles. The van der Waals surface area contributed by atoms with Crippen LogP contribution in [0, 0.1) is 10.1 Å². The van der Waals surface area contributed by atoms with E-state index in [1.54, 1.807) is 18.2 Å². The van der Waals surface area contributed by atoms with E-state index in [1.807, 2.05) is 18.9 Å². The van der Waals surface area contributed by atoms with Crippen LogP contribution in [0.1, 0.15) is 6.92 Å². The van der Waals surface area contributed by atoms with Crippen LogP contribution in [0.3, 0.4) is 0 Å². The Morgan fingerprint density at radius 1 is 1.56 bits per heavy atom. The zero-order valence-electron chi connectivity index (χ0n) is 10.5. The number of hydrogen-bond donors (Lipinski definition) is 1. The Bertz CT molecular complexity index is 446. The molecule has 6 nitrogen and oxygen atoms in total. The van der Waals surface area contributed by atoms with Crippen molar-refractivity contribution in [1.82, 2.24) is 5.32 Å². The van der Waals surface area contributed by atoms with Gasteiger partial charge in [-0.3, -0.25) is 10.1 Å². The van der Waals surface area contributed by atoms with Gasteiger partial charge in [-0.15, -0.1) is 0 Å². The van der Waals surface area contributed by atoms with Gasteiger partial charge in [-0.05, 0) is 19.1 Å². The van der Waals surface area contributed by atoms with E-state index in [9.17, 15) is 10.1 Å². The third-order valence-electron chi connectivity index (χ3n) is 3.15. The Morgan fingerprint density at radius 3 is 2.78 bits per heavy atom. The number of rotatable bonds is 5. The molecule has 0 aliphatic carbocycles. The first-order valence-electron chi connectivity index (χ1n) is 5.99. The normalized spacial score (nSPS) is 15.0. The number of hydrogen-bond acceptors (Lipinski definition) is 5. The zero-order chi connectivity index (χ0) is 13.1. The van der Waals surface area contributed by atoms with Crippen LogP contribution >= 0.6 is 0 Å². The highest BCUT2D eigenvalue weighted by atomic mass is 16.6. The fraction of sp³-hybridized carbons (Fsp3) is 0.500. The van der Waals surface area contributed by atoms with E-state index in [4.69, 9.17) is 4.74 Å². The van der Waals surface area contributed by atoms with E-state index in [0.29, 0.717) is 24.1 Å². The quantitative estimate of drug-likeness (QED) is 0.633. The minimum atomic E-state index is -0.372. The van der Waals surface area contributed by atoms with Gasteiger partial charge in [0.15, 0.2) is 5.75 Å². The van der Waals surface area contributed by atoms with Crippen molar-refractivity contribution in [2.24, 2.45) is 0 Å². The molecule has 1 aromatic rings. The number of nitrogens with one attached hydrogen (secondary N) is 1. The molecule has 1 heterocycles. The van der Waals surface area contributed by atoms with E-state index in [0.717, 1.165) is 13.1 Å². The first-order valence-corrected chi connectivity index (χ1v) is 5.99. The Hall–Kier alpha value is -1.82. The summed E-state index contributed by atoms with van der Waals surface area (Å²) in [6.45, 7) is 3.94. The third kappa shape index (κ3) is 2.24. The number of likely N-dealkylation sites (N-methyl/N-ethyl adjacent to an activating group) is 1. The Labute approximate surface area is 106 Å². The maximum absolute atomic E-state index is 11.2. The van der Waals surface area contributed by atoms with E-state index in [1.165, 1.54) is 0 Å². The largest absolute Gasteiger partial charge is 0.487 e. The Kier molecular flexibility index (Phi) is 3.66. The van der Waals surface area contributed by atoms with Gasteiger partial charge in [0.25, 0.3) is 0 Å². The van der Waals surface area contributed by atoms with E-state index in [2.05, 4.69) is 5.32 Å². The van der Waals surface area contributed by atoms with Gasteiger partial charge in [-0.25, -0.2) is 0 Å². The highest BCUT2D eigenvalue weighted by Gasteiger charge is 2.29. The zero-order valence-corrected chi connectivity index (χ0v) is 10.5. The summed E-state index contributed by atoms with van der Waals surface area (Å²) in [5.41, 5.74) is 0.659. The number of anilines is 1. The molecule has 18 heavy (non-hydrogen) atoms. The summed E-state index contributed by atoms with van der Waals surface area (Å²) in [6, 6.07) is 5.49. The number of para-hydroxylation sites is 1. The van der Waals surface area contributed by atoms with Crippen LogP contribution in [-0.4, -0.2) is 37.7 Å². The summed E-state index contributed by atoms with van der Waals surface area (Å²) >= 11 is 0. The van der Waals surface area contributed by atoms with Crippen LogP contribution in [0.25, 0.3) is 0 Å². The van der Waals surface area contributed by atoms with Crippen molar-refractivity contribution in [2.45, 2.75) is 13.0 Å². The molecule has 0 aromatic heterocycles. The molecule has 1 aliphatic heterocycles. The van der Waals surface area contributed by atoms with Crippen LogP contribution in [0.15, 0.2) is 18.2 Å². The van der Waals surface area contributed by atoms with E-state index >= 15 is 0 Å². The lowest BCUT2D eigenvalue weighted by atomic mass is 10.1. The van der Waals surface area contributed by atoms with Crippen molar-refractivity contribution in [3.63, 3.8) is 0 Å². The van der Waals surface area contributed by atoms with Crippen molar-refractivity contribution in [3.8, 4) is 5.75 Å². The average Bonchev–Trinajstić information content (AvgIpc) is 2.26. The molecule has 0 radical (unpaired) electrons. The lowest BCUT2D eigenvalue weighted by molar-refractivity contribution is -0.385. The van der Waals surface area contributed by atoms with Gasteiger partial charge in [-0.2, -0.15) is 0 Å². The van der Waals surface area contributed by atoms with Crippen molar-refractivity contribution < 1.29 is 9.66 Å². The number of nitrogens with zero attached hydrogens (tertiary/aromatic N) is 2. The molecule has 0 unspecified atom stereocenters. The van der Waals surface area contributed by atoms with Crippen molar-refractivity contribution in [1.29, 1.82) is 0 Å². The van der Waals surface area contributed by atoms with Crippen molar-refractivity contribution >= 4 is 11.4 Å². The monoisotopic (exact) mass is 251 g/mol. The first kappa shape index (κ1) is 12.6. The summed E-state index contributed by atoms with van der Waals surface area (Å²) in [7, 11) is 1.88. The highest BCUT2D eigenvalue weighted by Crippen LogP contribution is 2.37. The molecule has 1 N–H and O–H groups in total. The maximum atomic E-state index is 11.2. The van der Waals surface area contributed by atoms with Crippen molar-refractivity contribution in [3.05, 3.63) is 28.3 Å². The SMILES string of the molecule is CCOc1cccc(N(C)C2CNC2)c1[N+](=O)[O-]. The molecule has 2 rings (SSSR count). The third-order valence-corrected chi connectivity index (χ3v) is 3.15. The molecule has 1 aliphatic rings. The predicted molar refractivity (Wildman–Crippen MR) is 69.3 cm³/mol. The van der Waals surface area contributed by atoms with Gasteiger partial charge in [0.1, 0.15) is 5.69 Å². The topological polar surface area (TPSA) is 67.6 Å². The van der Waals surface area contributed by atoms with Gasteiger partial charge in [-0.1, -0.05) is 6.07 Å². The fourth-order valence-corrected chi connectivity index (χ4v) is 1.99. The van der Waals surface area contributed by atoms with Crippen LogP contribution < -0.4 is 15.0 Å². The predicted octanol–water partition coefficient (Wildman–Crippen LogP) is 1.40. The lowest BCUT2D eigenvalue weighted by Gasteiger charge is -2.36. The Morgan fingerprint density at radius 2 is 2.28 bits per heavy atom. The molecule has 1 saturated heterocycles. The first-order chi connectivity index (χ1) is 8.65. The minimum absolute atomic E-state index is 0.0498. The fourth-order valence-electron chi connectivity index (χ4n) is 1.99. The Balaban J connectivity index is 2.38. The molecule has 98 valence electrons. The summed E-state index contributed by atoms with van der Waals surface area (Å²) in [4.78, 5) is 12.8. The van der Waals surface area contributed by atoms with Crippen LogP contribution in [0.4, 0.5) is 11.4 Å². The number of nitro groups is 1. The molecule has 0 atom stereocenters. The molecule has 0 bridgehead atoms. The highest BCUT2D eigenvalue weighted by molar-refractivity contribution is 5.70. The van der Waals surface area contributed by atoms with Gasteiger partial charge in [0, 0.05) is 20.1 Å². The average molecular weight is 251 g/mol. The van der Waals surface area contributed by atoms with Crippen LogP contribution in [0.2, 0.25) is 0 Å². The number of nitro benzene ring substituents is 1. The second-order valence-corrected chi connectivity index (χ2v) is 4.24. The smallest absolute Gasteiger partial charge is 0.333 e. The maximum Gasteiger partial charge on any atom is 0.333 e. The number of ether oxygens (including phenoxy) is 1. The van der Waals surface area contributed by atoms with Gasteiger partial charge in [0.05, 0.1) is 17.6 Å². The van der Waals surface area contributed by atoms with Crippen LogP contribution in [0.5, 0.6) is 5.75 Å². The molecular weight excluding hydrogens is 234 g/mol. The van der Waals surface area contributed by atoms with E-state index < -0.39 is 0 Å². The standard InChI is InChI=1S/C12H17N3O3/c1-3-18-11-6-4-5-10(12(11)15(16)17)14(2)9-7-13-8-9/h4-6,9,13H,3,7-8H2,1-2H3. The minimum Gasteiger partial charge on any atom is -0.487 e. The summed E-state index contributed by atoms with van der Waals surface area (Å²) in [5, 5.41) is 14.4. The number of benzene rings is 1. The van der Waals surface area contributed by atoms with Gasteiger partial charge >= 0.3 is 5.69 Å². The molecule has 1 fully saturated rings. The molecule has 6 heteroatoms. The molecule has 0 spiro atoms. The van der Waals surface area contributed by atoms with Crippen LogP contribution in [-0.2, 0) is 0 Å². The summed E-state index contributed by atoms with van der Waals surface area (Å²) in [5.74, 6) is 0.333. The van der Waals surface area contributed by atoms with E-state index in [-0.39, 0.29) is 10.6 Å². The molecule has 0 amide bonds. The summed E-state index contributed by atoms with van der Waals surface area (Å²) < 4.78 is 5.34. The van der Waals surface area contributed by atoms with Gasteiger partial charge < -0.3 is 15.0 Å². The second kappa shape index (κ2) is 5.22.